The van der Waals surface area contributed by atoms with Gasteiger partial charge in [-0.25, -0.2) is 12.8 Å². The lowest BCUT2D eigenvalue weighted by Crippen LogP contribution is -2.54. The van der Waals surface area contributed by atoms with Crippen molar-refractivity contribution in [3.8, 4) is 0 Å². The predicted octanol–water partition coefficient (Wildman–Crippen LogP) is 4.91. The number of hydrogen-bond acceptors (Lipinski definition) is 4. The molecular formula is C29H33BrFN3O4S. The smallest absolute Gasteiger partial charge is 0.244 e. The molecule has 3 aromatic carbocycles. The van der Waals surface area contributed by atoms with Gasteiger partial charge in [-0.1, -0.05) is 71.4 Å². The second kappa shape index (κ2) is 13.7. The van der Waals surface area contributed by atoms with Gasteiger partial charge in [-0.15, -0.1) is 0 Å². The van der Waals surface area contributed by atoms with Crippen LogP contribution in [0, 0.1) is 5.82 Å². The summed E-state index contributed by atoms with van der Waals surface area (Å²) in [6, 6.07) is 20.7. The zero-order chi connectivity index (χ0) is 28.6. The van der Waals surface area contributed by atoms with E-state index in [2.05, 4.69) is 21.2 Å². The number of hydrogen-bond donors (Lipinski definition) is 1. The lowest BCUT2D eigenvalue weighted by atomic mass is 10.0. The first kappa shape index (κ1) is 30.3. The minimum atomic E-state index is -3.96. The Labute approximate surface area is 238 Å². The molecular weight excluding hydrogens is 585 g/mol. The van der Waals surface area contributed by atoms with E-state index in [0.717, 1.165) is 32.2 Å². The largest absolute Gasteiger partial charge is 0.352 e. The zero-order valence-electron chi connectivity index (χ0n) is 22.2. The van der Waals surface area contributed by atoms with Crippen LogP contribution in [0.2, 0.25) is 0 Å². The normalized spacial score (nSPS) is 12.8. The highest BCUT2D eigenvalue weighted by molar-refractivity contribution is 9.10. The Bertz CT molecular complexity index is 1390. The minimum absolute atomic E-state index is 0.0249. The number of benzene rings is 3. The van der Waals surface area contributed by atoms with Crippen molar-refractivity contribution in [1.82, 2.24) is 10.2 Å². The van der Waals surface area contributed by atoms with E-state index in [1.807, 2.05) is 68.4 Å². The van der Waals surface area contributed by atoms with E-state index in [-0.39, 0.29) is 30.6 Å². The van der Waals surface area contributed by atoms with Crippen LogP contribution in [0.15, 0.2) is 83.3 Å². The third kappa shape index (κ3) is 8.90. The molecule has 0 unspecified atom stereocenters. The number of carbonyl (C=O) groups excluding carboxylic acids is 2. The van der Waals surface area contributed by atoms with E-state index in [0.29, 0.717) is 6.42 Å². The summed E-state index contributed by atoms with van der Waals surface area (Å²) in [6.07, 6.45) is 1.88. The van der Waals surface area contributed by atoms with Gasteiger partial charge in [0.05, 0.1) is 11.9 Å². The predicted molar refractivity (Wildman–Crippen MR) is 155 cm³/mol. The highest BCUT2D eigenvalue weighted by atomic mass is 79.9. The molecule has 2 atom stereocenters. The number of rotatable bonds is 12. The average molecular weight is 619 g/mol. The summed E-state index contributed by atoms with van der Waals surface area (Å²) < 4.78 is 41.1. The second-order valence-corrected chi connectivity index (χ2v) is 12.2. The van der Waals surface area contributed by atoms with Crippen LogP contribution in [-0.2, 0) is 32.6 Å². The van der Waals surface area contributed by atoms with Gasteiger partial charge in [0, 0.05) is 23.5 Å². The number of amides is 2. The number of sulfonamides is 1. The first-order valence-electron chi connectivity index (χ1n) is 12.6. The van der Waals surface area contributed by atoms with Crippen LogP contribution in [0.4, 0.5) is 10.1 Å². The molecule has 39 heavy (non-hydrogen) atoms. The fraction of sp³-hybridized carbons (Fsp3) is 0.310. The summed E-state index contributed by atoms with van der Waals surface area (Å²) in [5.41, 5.74) is 1.62. The van der Waals surface area contributed by atoms with Crippen molar-refractivity contribution in [2.24, 2.45) is 0 Å². The summed E-state index contributed by atoms with van der Waals surface area (Å²) in [7, 11) is -3.96. The fourth-order valence-electron chi connectivity index (χ4n) is 4.07. The average Bonchev–Trinajstić information content (AvgIpc) is 2.89. The first-order chi connectivity index (χ1) is 18.5. The number of carbonyl (C=O) groups is 2. The van der Waals surface area contributed by atoms with Gasteiger partial charge in [-0.2, -0.15) is 0 Å². The number of anilines is 1. The van der Waals surface area contributed by atoms with E-state index in [4.69, 9.17) is 0 Å². The first-order valence-corrected chi connectivity index (χ1v) is 15.2. The molecule has 3 aromatic rings. The maximum absolute atomic E-state index is 14.0. The molecule has 0 aliphatic rings. The number of nitrogens with zero attached hydrogens (tertiary/aromatic N) is 2. The third-order valence-corrected chi connectivity index (χ3v) is 7.92. The molecule has 0 aliphatic carbocycles. The van der Waals surface area contributed by atoms with Gasteiger partial charge in [0.2, 0.25) is 21.8 Å². The molecule has 0 bridgehead atoms. The summed E-state index contributed by atoms with van der Waals surface area (Å²) in [6.45, 7) is 3.29. The molecule has 0 saturated heterocycles. The molecule has 0 spiro atoms. The Morgan fingerprint density at radius 1 is 0.974 bits per heavy atom. The highest BCUT2D eigenvalue weighted by Gasteiger charge is 2.33. The van der Waals surface area contributed by atoms with Crippen LogP contribution in [0.5, 0.6) is 0 Å². The Hall–Kier alpha value is -3.24. The molecule has 0 fully saturated rings. The number of halogens is 2. The maximum atomic E-state index is 14.0. The summed E-state index contributed by atoms with van der Waals surface area (Å²) in [5.74, 6) is -1.56. The number of nitrogens with one attached hydrogen (secondary N) is 1. The van der Waals surface area contributed by atoms with Gasteiger partial charge in [-0.3, -0.25) is 13.9 Å². The Kier molecular flexibility index (Phi) is 10.7. The molecule has 3 rings (SSSR count). The van der Waals surface area contributed by atoms with E-state index < -0.39 is 34.3 Å². The molecule has 0 aromatic heterocycles. The van der Waals surface area contributed by atoms with Crippen molar-refractivity contribution in [3.05, 3.63) is 100 Å². The standard InChI is InChI=1S/C29H33BrFN3O4S/c1-4-21(2)32-29(36)27(17-22-10-6-5-7-11-22)33(19-23-12-8-13-24(30)16-23)28(35)20-34(39(3,37)38)26-15-9-14-25(31)18-26/h5-16,18,21,27H,4,17,19-20H2,1-3H3,(H,32,36)/t21-,27-/m1/s1. The van der Waals surface area contributed by atoms with Gasteiger partial charge < -0.3 is 10.2 Å². The van der Waals surface area contributed by atoms with Gasteiger partial charge in [0.15, 0.2) is 0 Å². The topological polar surface area (TPSA) is 86.8 Å². The van der Waals surface area contributed by atoms with Crippen LogP contribution in [0.3, 0.4) is 0 Å². The van der Waals surface area contributed by atoms with Crippen molar-refractivity contribution in [2.75, 3.05) is 17.1 Å². The molecule has 208 valence electrons. The van der Waals surface area contributed by atoms with Crippen molar-refractivity contribution >= 4 is 43.5 Å². The zero-order valence-corrected chi connectivity index (χ0v) is 24.6. The highest BCUT2D eigenvalue weighted by Crippen LogP contribution is 2.22. The summed E-state index contributed by atoms with van der Waals surface area (Å²) in [5, 5.41) is 2.98. The van der Waals surface area contributed by atoms with E-state index in [1.165, 1.54) is 23.1 Å². The van der Waals surface area contributed by atoms with Crippen LogP contribution in [0.25, 0.3) is 0 Å². The minimum Gasteiger partial charge on any atom is -0.352 e. The Morgan fingerprint density at radius 3 is 2.26 bits per heavy atom. The molecule has 0 saturated carbocycles. The molecule has 1 N–H and O–H groups in total. The van der Waals surface area contributed by atoms with Crippen LogP contribution < -0.4 is 9.62 Å². The van der Waals surface area contributed by atoms with Crippen LogP contribution >= 0.6 is 15.9 Å². The monoisotopic (exact) mass is 617 g/mol. The van der Waals surface area contributed by atoms with Gasteiger partial charge in [0.1, 0.15) is 18.4 Å². The van der Waals surface area contributed by atoms with Gasteiger partial charge in [-0.05, 0) is 54.8 Å². The Morgan fingerprint density at radius 2 is 1.64 bits per heavy atom. The molecule has 10 heteroatoms. The summed E-state index contributed by atoms with van der Waals surface area (Å²) in [4.78, 5) is 29.0. The SMILES string of the molecule is CC[C@@H](C)NC(=O)[C@@H](Cc1ccccc1)N(Cc1cccc(Br)c1)C(=O)CN(c1cccc(F)c1)S(C)(=O)=O. The third-order valence-electron chi connectivity index (χ3n) is 6.29. The molecule has 7 nitrogen and oxygen atoms in total. The molecule has 0 heterocycles. The second-order valence-electron chi connectivity index (χ2n) is 9.42. The maximum Gasteiger partial charge on any atom is 0.244 e. The van der Waals surface area contributed by atoms with Gasteiger partial charge >= 0.3 is 0 Å². The molecule has 0 radical (unpaired) electrons. The summed E-state index contributed by atoms with van der Waals surface area (Å²) >= 11 is 3.45. The quantitative estimate of drug-likeness (QED) is 0.313. The molecule has 0 aliphatic heterocycles. The van der Waals surface area contributed by atoms with Crippen molar-refractivity contribution in [3.63, 3.8) is 0 Å². The van der Waals surface area contributed by atoms with Gasteiger partial charge in [0.25, 0.3) is 0 Å². The van der Waals surface area contributed by atoms with Crippen LogP contribution in [0.1, 0.15) is 31.4 Å². The van der Waals surface area contributed by atoms with E-state index in [1.54, 1.807) is 0 Å². The fourth-order valence-corrected chi connectivity index (χ4v) is 5.36. The lowest BCUT2D eigenvalue weighted by molar-refractivity contribution is -0.140. The van der Waals surface area contributed by atoms with Crippen molar-refractivity contribution in [2.45, 2.75) is 45.3 Å². The Balaban J connectivity index is 2.06. The van der Waals surface area contributed by atoms with E-state index in [9.17, 15) is 22.4 Å². The van der Waals surface area contributed by atoms with E-state index >= 15 is 0 Å². The van der Waals surface area contributed by atoms with Crippen LogP contribution in [-0.4, -0.2) is 50.0 Å². The molecule has 2 amide bonds. The van der Waals surface area contributed by atoms with Crippen molar-refractivity contribution < 1.29 is 22.4 Å². The van der Waals surface area contributed by atoms with Crippen molar-refractivity contribution in [1.29, 1.82) is 0 Å². The lowest BCUT2D eigenvalue weighted by Gasteiger charge is -2.34.